The average molecular weight is 224 g/mol. The second-order valence-electron chi connectivity index (χ2n) is 2.01. The van der Waals surface area contributed by atoms with Crippen LogP contribution in [0.2, 0.25) is 0 Å². The summed E-state index contributed by atoms with van der Waals surface area (Å²) in [4.78, 5) is 21.4. The maximum atomic E-state index is 10.7. The number of rotatable bonds is 4. The molecule has 5 heteroatoms. The average Bonchev–Trinajstić information content (AvgIpc) is 2.02. The number of carbonyl (C=O) groups excluding carboxylic acids is 2. The third-order valence-corrected chi connectivity index (χ3v) is 1.73. The van der Waals surface area contributed by atoms with E-state index in [1.165, 1.54) is 7.11 Å². The SMILES string of the molecule is COC(=O)[C@@H](N)CC(=O)CBr. The lowest BCUT2D eigenvalue weighted by Gasteiger charge is -2.05. The molecule has 0 aliphatic rings. The Labute approximate surface area is 73.2 Å². The number of Topliss-reactive ketones (excluding diaryl/α,β-unsaturated/α-hetero) is 1. The molecule has 0 heterocycles. The zero-order valence-corrected chi connectivity index (χ0v) is 7.76. The van der Waals surface area contributed by atoms with Crippen molar-refractivity contribution in [1.82, 2.24) is 0 Å². The van der Waals surface area contributed by atoms with Crippen molar-refractivity contribution >= 4 is 27.7 Å². The molecule has 0 amide bonds. The van der Waals surface area contributed by atoms with Crippen LogP contribution in [-0.4, -0.2) is 30.2 Å². The minimum Gasteiger partial charge on any atom is -0.468 e. The van der Waals surface area contributed by atoms with Gasteiger partial charge < -0.3 is 10.5 Å². The van der Waals surface area contributed by atoms with E-state index in [-0.39, 0.29) is 17.5 Å². The Bertz CT molecular complexity index is 160. The summed E-state index contributed by atoms with van der Waals surface area (Å²) in [6, 6.07) is -0.829. The molecule has 0 rings (SSSR count). The predicted molar refractivity (Wildman–Crippen MR) is 43.4 cm³/mol. The second kappa shape index (κ2) is 5.26. The number of nitrogens with two attached hydrogens (primary N) is 1. The number of carbonyl (C=O) groups is 2. The molecule has 11 heavy (non-hydrogen) atoms. The monoisotopic (exact) mass is 223 g/mol. The highest BCUT2D eigenvalue weighted by Gasteiger charge is 2.16. The summed E-state index contributed by atoms with van der Waals surface area (Å²) in [5.41, 5.74) is 5.29. The van der Waals surface area contributed by atoms with Gasteiger partial charge in [-0.3, -0.25) is 9.59 Å². The summed E-state index contributed by atoms with van der Waals surface area (Å²) in [6.45, 7) is 0. The van der Waals surface area contributed by atoms with E-state index in [1.807, 2.05) is 0 Å². The molecule has 0 aromatic carbocycles. The van der Waals surface area contributed by atoms with Gasteiger partial charge in [-0.1, -0.05) is 15.9 Å². The molecule has 2 N–H and O–H groups in total. The largest absolute Gasteiger partial charge is 0.468 e. The van der Waals surface area contributed by atoms with Gasteiger partial charge in [-0.15, -0.1) is 0 Å². The highest BCUT2D eigenvalue weighted by molar-refractivity contribution is 9.09. The van der Waals surface area contributed by atoms with Gasteiger partial charge in [0, 0.05) is 6.42 Å². The van der Waals surface area contributed by atoms with E-state index in [2.05, 4.69) is 20.7 Å². The van der Waals surface area contributed by atoms with E-state index in [1.54, 1.807) is 0 Å². The fourth-order valence-corrected chi connectivity index (χ4v) is 0.763. The number of hydrogen-bond donors (Lipinski definition) is 1. The molecule has 0 saturated heterocycles. The molecule has 0 aliphatic carbocycles. The van der Waals surface area contributed by atoms with Gasteiger partial charge in [0.25, 0.3) is 0 Å². The minimum atomic E-state index is -0.829. The molecular weight excluding hydrogens is 214 g/mol. The number of methoxy groups -OCH3 is 1. The number of alkyl halides is 1. The molecule has 0 saturated carbocycles. The smallest absolute Gasteiger partial charge is 0.323 e. The third-order valence-electron chi connectivity index (χ3n) is 1.10. The van der Waals surface area contributed by atoms with Crippen LogP contribution in [0.1, 0.15) is 6.42 Å². The molecule has 0 spiro atoms. The van der Waals surface area contributed by atoms with E-state index in [0.29, 0.717) is 0 Å². The summed E-state index contributed by atoms with van der Waals surface area (Å²) < 4.78 is 4.33. The normalized spacial score (nSPS) is 12.3. The lowest BCUT2D eigenvalue weighted by atomic mass is 10.2. The Morgan fingerprint density at radius 1 is 1.64 bits per heavy atom. The zero-order valence-electron chi connectivity index (χ0n) is 6.17. The highest BCUT2D eigenvalue weighted by Crippen LogP contribution is 1.95. The first-order valence-corrected chi connectivity index (χ1v) is 4.15. The summed E-state index contributed by atoms with van der Waals surface area (Å²) in [7, 11) is 1.24. The standard InChI is InChI=1S/C6H10BrNO3/c1-11-6(10)5(8)2-4(9)3-7/h5H,2-3,8H2,1H3/t5-/m0/s1. The van der Waals surface area contributed by atoms with Gasteiger partial charge >= 0.3 is 5.97 Å². The van der Waals surface area contributed by atoms with E-state index >= 15 is 0 Å². The maximum Gasteiger partial charge on any atom is 0.323 e. The number of esters is 1. The van der Waals surface area contributed by atoms with Gasteiger partial charge in [0.1, 0.15) is 11.8 Å². The van der Waals surface area contributed by atoms with Crippen LogP contribution >= 0.6 is 15.9 Å². The quantitative estimate of drug-likeness (QED) is 0.532. The van der Waals surface area contributed by atoms with Gasteiger partial charge in [0.15, 0.2) is 0 Å². The summed E-state index contributed by atoms with van der Waals surface area (Å²) in [5.74, 6) is -0.665. The van der Waals surface area contributed by atoms with Crippen molar-refractivity contribution in [2.45, 2.75) is 12.5 Å². The van der Waals surface area contributed by atoms with E-state index in [4.69, 9.17) is 5.73 Å². The summed E-state index contributed by atoms with van der Waals surface area (Å²) >= 11 is 2.96. The van der Waals surface area contributed by atoms with Crippen LogP contribution in [0.5, 0.6) is 0 Å². The van der Waals surface area contributed by atoms with Gasteiger partial charge in [-0.2, -0.15) is 0 Å². The van der Waals surface area contributed by atoms with E-state index in [0.717, 1.165) is 0 Å². The molecule has 0 aromatic rings. The van der Waals surface area contributed by atoms with Crippen LogP contribution in [-0.2, 0) is 14.3 Å². The van der Waals surface area contributed by atoms with Crippen molar-refractivity contribution in [2.24, 2.45) is 5.73 Å². The number of hydrogen-bond acceptors (Lipinski definition) is 4. The molecule has 4 nitrogen and oxygen atoms in total. The molecule has 0 unspecified atom stereocenters. The lowest BCUT2D eigenvalue weighted by Crippen LogP contribution is -2.34. The molecule has 0 aromatic heterocycles. The van der Waals surface area contributed by atoms with Crippen molar-refractivity contribution in [1.29, 1.82) is 0 Å². The molecule has 0 radical (unpaired) electrons. The van der Waals surface area contributed by atoms with Crippen LogP contribution in [0.15, 0.2) is 0 Å². The van der Waals surface area contributed by atoms with E-state index in [9.17, 15) is 9.59 Å². The van der Waals surface area contributed by atoms with E-state index < -0.39 is 12.0 Å². The number of halogens is 1. The predicted octanol–water partition coefficient (Wildman–Crippen LogP) is -0.159. The van der Waals surface area contributed by atoms with Crippen LogP contribution in [0, 0.1) is 0 Å². The Morgan fingerprint density at radius 2 is 2.18 bits per heavy atom. The molecule has 0 aliphatic heterocycles. The van der Waals surface area contributed by atoms with Gasteiger partial charge in [-0.05, 0) is 0 Å². The maximum absolute atomic E-state index is 10.7. The first-order chi connectivity index (χ1) is 5.11. The number of ether oxygens (including phenoxy) is 1. The molecule has 0 bridgehead atoms. The van der Waals surface area contributed by atoms with Crippen LogP contribution < -0.4 is 5.73 Å². The fraction of sp³-hybridized carbons (Fsp3) is 0.667. The van der Waals surface area contributed by atoms with Gasteiger partial charge in [-0.25, -0.2) is 0 Å². The van der Waals surface area contributed by atoms with Crippen LogP contribution in [0.4, 0.5) is 0 Å². The topological polar surface area (TPSA) is 69.4 Å². The van der Waals surface area contributed by atoms with Crippen LogP contribution in [0.25, 0.3) is 0 Å². The number of ketones is 1. The minimum absolute atomic E-state index is 0.0257. The summed E-state index contributed by atoms with van der Waals surface area (Å²) in [6.07, 6.45) is 0.0257. The van der Waals surface area contributed by atoms with Crippen LogP contribution in [0.3, 0.4) is 0 Å². The Hall–Kier alpha value is -0.420. The molecule has 1 atom stereocenters. The molecule has 0 fully saturated rings. The summed E-state index contributed by atoms with van der Waals surface area (Å²) in [5, 5.41) is 0.220. The van der Waals surface area contributed by atoms with Crippen molar-refractivity contribution in [3.63, 3.8) is 0 Å². The van der Waals surface area contributed by atoms with Crippen molar-refractivity contribution in [3.05, 3.63) is 0 Å². The third kappa shape index (κ3) is 4.10. The lowest BCUT2D eigenvalue weighted by molar-refractivity contribution is -0.143. The molecular formula is C6H10BrNO3. The zero-order chi connectivity index (χ0) is 8.85. The Kier molecular flexibility index (Phi) is 5.06. The Balaban J connectivity index is 3.77. The highest BCUT2D eigenvalue weighted by atomic mass is 79.9. The van der Waals surface area contributed by atoms with Gasteiger partial charge in [0.2, 0.25) is 0 Å². The fourth-order valence-electron chi connectivity index (χ4n) is 0.535. The first-order valence-electron chi connectivity index (χ1n) is 3.03. The first kappa shape index (κ1) is 10.6. The van der Waals surface area contributed by atoms with Crippen molar-refractivity contribution in [2.75, 3.05) is 12.4 Å². The molecule has 64 valence electrons. The van der Waals surface area contributed by atoms with Gasteiger partial charge in [0.05, 0.1) is 12.4 Å². The van der Waals surface area contributed by atoms with Crippen molar-refractivity contribution in [3.8, 4) is 0 Å². The Morgan fingerprint density at radius 3 is 2.55 bits per heavy atom. The van der Waals surface area contributed by atoms with Crippen molar-refractivity contribution < 1.29 is 14.3 Å². The second-order valence-corrected chi connectivity index (χ2v) is 2.57.